The van der Waals surface area contributed by atoms with E-state index in [1.807, 2.05) is 18.2 Å². The lowest BCUT2D eigenvalue weighted by atomic mass is 10.2. The highest BCUT2D eigenvalue weighted by Gasteiger charge is 2.11. The minimum atomic E-state index is 0.549. The van der Waals surface area contributed by atoms with Crippen molar-refractivity contribution in [3.8, 4) is 11.5 Å². The SMILES string of the molecule is C=CCCOc1c(Cl)cc(CNCCC)cc1OC. The highest BCUT2D eigenvalue weighted by Crippen LogP contribution is 2.36. The third-order valence-corrected chi connectivity index (χ3v) is 2.89. The van der Waals surface area contributed by atoms with Crippen LogP contribution in [0.5, 0.6) is 11.5 Å². The Morgan fingerprint density at radius 2 is 2.21 bits per heavy atom. The molecule has 19 heavy (non-hydrogen) atoms. The van der Waals surface area contributed by atoms with Gasteiger partial charge in [-0.25, -0.2) is 0 Å². The van der Waals surface area contributed by atoms with Crippen molar-refractivity contribution in [3.63, 3.8) is 0 Å². The Hall–Kier alpha value is -1.19. The van der Waals surface area contributed by atoms with E-state index in [0.717, 1.165) is 31.5 Å². The average molecular weight is 284 g/mol. The molecular weight excluding hydrogens is 262 g/mol. The summed E-state index contributed by atoms with van der Waals surface area (Å²) < 4.78 is 11.0. The first kappa shape index (κ1) is 15.9. The summed E-state index contributed by atoms with van der Waals surface area (Å²) in [6, 6.07) is 3.87. The lowest BCUT2D eigenvalue weighted by Crippen LogP contribution is -2.14. The van der Waals surface area contributed by atoms with Crippen LogP contribution in [0.25, 0.3) is 0 Å². The Morgan fingerprint density at radius 1 is 1.42 bits per heavy atom. The summed E-state index contributed by atoms with van der Waals surface area (Å²) in [5, 5.41) is 3.91. The number of nitrogens with one attached hydrogen (secondary N) is 1. The number of halogens is 1. The van der Waals surface area contributed by atoms with E-state index >= 15 is 0 Å². The zero-order chi connectivity index (χ0) is 14.1. The van der Waals surface area contributed by atoms with Gasteiger partial charge in [-0.15, -0.1) is 6.58 Å². The van der Waals surface area contributed by atoms with E-state index in [1.165, 1.54) is 0 Å². The van der Waals surface area contributed by atoms with Gasteiger partial charge in [0.15, 0.2) is 11.5 Å². The summed E-state index contributed by atoms with van der Waals surface area (Å²) in [7, 11) is 1.62. The summed E-state index contributed by atoms with van der Waals surface area (Å²) >= 11 is 6.25. The first-order chi connectivity index (χ1) is 9.22. The molecule has 1 aromatic rings. The number of hydrogen-bond acceptors (Lipinski definition) is 3. The first-order valence-electron chi connectivity index (χ1n) is 6.53. The Labute approximate surface area is 120 Å². The number of benzene rings is 1. The predicted molar refractivity (Wildman–Crippen MR) is 80.3 cm³/mol. The molecule has 0 aliphatic carbocycles. The molecule has 0 saturated carbocycles. The van der Waals surface area contributed by atoms with E-state index in [1.54, 1.807) is 7.11 Å². The van der Waals surface area contributed by atoms with Crippen molar-refractivity contribution in [3.05, 3.63) is 35.4 Å². The van der Waals surface area contributed by atoms with Gasteiger partial charge >= 0.3 is 0 Å². The molecule has 0 bridgehead atoms. The molecule has 0 radical (unpaired) electrons. The van der Waals surface area contributed by atoms with Gasteiger partial charge in [0.1, 0.15) is 0 Å². The molecule has 0 aliphatic heterocycles. The van der Waals surface area contributed by atoms with Gasteiger partial charge in [0.05, 0.1) is 18.7 Å². The van der Waals surface area contributed by atoms with Crippen LogP contribution in [0.15, 0.2) is 24.8 Å². The quantitative estimate of drug-likeness (QED) is 0.552. The van der Waals surface area contributed by atoms with Crippen LogP contribution in [0.2, 0.25) is 5.02 Å². The third-order valence-electron chi connectivity index (χ3n) is 2.61. The second kappa shape index (κ2) is 8.83. The van der Waals surface area contributed by atoms with Crippen LogP contribution in [0.3, 0.4) is 0 Å². The van der Waals surface area contributed by atoms with Crippen molar-refractivity contribution in [1.82, 2.24) is 5.32 Å². The summed E-state index contributed by atoms with van der Waals surface area (Å²) in [6.07, 6.45) is 3.69. The van der Waals surface area contributed by atoms with Gasteiger partial charge in [-0.2, -0.15) is 0 Å². The molecule has 106 valence electrons. The van der Waals surface area contributed by atoms with Crippen molar-refractivity contribution >= 4 is 11.6 Å². The van der Waals surface area contributed by atoms with Crippen molar-refractivity contribution in [1.29, 1.82) is 0 Å². The Kier molecular flexibility index (Phi) is 7.38. The zero-order valence-corrected chi connectivity index (χ0v) is 12.4. The van der Waals surface area contributed by atoms with Crippen LogP contribution < -0.4 is 14.8 Å². The molecule has 1 rings (SSSR count). The fourth-order valence-corrected chi connectivity index (χ4v) is 1.96. The van der Waals surface area contributed by atoms with Crippen molar-refractivity contribution in [2.24, 2.45) is 0 Å². The number of ether oxygens (including phenoxy) is 2. The van der Waals surface area contributed by atoms with Gasteiger partial charge in [-0.1, -0.05) is 24.6 Å². The number of methoxy groups -OCH3 is 1. The maximum atomic E-state index is 6.25. The largest absolute Gasteiger partial charge is 0.493 e. The molecule has 4 heteroatoms. The predicted octanol–water partition coefficient (Wildman–Crippen LogP) is 3.80. The molecule has 0 spiro atoms. The highest BCUT2D eigenvalue weighted by molar-refractivity contribution is 6.32. The van der Waals surface area contributed by atoms with Gasteiger partial charge in [-0.3, -0.25) is 0 Å². The van der Waals surface area contributed by atoms with Gasteiger partial charge in [0, 0.05) is 6.54 Å². The fraction of sp³-hybridized carbons (Fsp3) is 0.467. The Balaban J connectivity index is 2.78. The monoisotopic (exact) mass is 283 g/mol. The van der Waals surface area contributed by atoms with Gasteiger partial charge < -0.3 is 14.8 Å². The van der Waals surface area contributed by atoms with E-state index in [2.05, 4.69) is 18.8 Å². The lowest BCUT2D eigenvalue weighted by Gasteiger charge is -2.14. The van der Waals surface area contributed by atoms with Crippen LogP contribution in [-0.2, 0) is 6.54 Å². The summed E-state index contributed by atoms with van der Waals surface area (Å²) in [6.45, 7) is 8.10. The summed E-state index contributed by atoms with van der Waals surface area (Å²) in [4.78, 5) is 0. The van der Waals surface area contributed by atoms with Gasteiger partial charge in [0.2, 0.25) is 0 Å². The summed E-state index contributed by atoms with van der Waals surface area (Å²) in [5.41, 5.74) is 1.09. The minimum Gasteiger partial charge on any atom is -0.493 e. The van der Waals surface area contributed by atoms with Gasteiger partial charge in [0.25, 0.3) is 0 Å². The molecule has 1 N–H and O–H groups in total. The third kappa shape index (κ3) is 5.13. The van der Waals surface area contributed by atoms with Crippen LogP contribution in [-0.4, -0.2) is 20.3 Å². The van der Waals surface area contributed by atoms with Crippen molar-refractivity contribution < 1.29 is 9.47 Å². The molecule has 1 aromatic carbocycles. The average Bonchev–Trinajstić information content (AvgIpc) is 2.41. The molecule has 0 aliphatic rings. The van der Waals surface area contributed by atoms with Crippen molar-refractivity contribution in [2.45, 2.75) is 26.3 Å². The van der Waals surface area contributed by atoms with Crippen LogP contribution in [0.4, 0.5) is 0 Å². The number of hydrogen-bond donors (Lipinski definition) is 1. The second-order valence-electron chi connectivity index (χ2n) is 4.21. The molecule has 0 atom stereocenters. The standard InChI is InChI=1S/C15H22ClNO2/c1-4-6-8-19-15-13(16)9-12(10-14(15)18-3)11-17-7-5-2/h4,9-10,17H,1,5-8,11H2,2-3H3. The lowest BCUT2D eigenvalue weighted by molar-refractivity contribution is 0.300. The molecule has 0 fully saturated rings. The Bertz CT molecular complexity index is 407. The fourth-order valence-electron chi connectivity index (χ4n) is 1.67. The number of rotatable bonds is 9. The van der Waals surface area contributed by atoms with E-state index in [9.17, 15) is 0 Å². The molecule has 0 saturated heterocycles. The van der Waals surface area contributed by atoms with Crippen LogP contribution >= 0.6 is 11.6 Å². The smallest absolute Gasteiger partial charge is 0.179 e. The zero-order valence-electron chi connectivity index (χ0n) is 11.7. The van der Waals surface area contributed by atoms with E-state index in [0.29, 0.717) is 23.1 Å². The topological polar surface area (TPSA) is 30.5 Å². The maximum Gasteiger partial charge on any atom is 0.179 e. The normalized spacial score (nSPS) is 10.3. The van der Waals surface area contributed by atoms with Crippen molar-refractivity contribution in [2.75, 3.05) is 20.3 Å². The molecular formula is C15H22ClNO2. The Morgan fingerprint density at radius 3 is 2.84 bits per heavy atom. The minimum absolute atomic E-state index is 0.549. The highest BCUT2D eigenvalue weighted by atomic mass is 35.5. The molecule has 3 nitrogen and oxygen atoms in total. The van der Waals surface area contributed by atoms with Gasteiger partial charge in [-0.05, 0) is 37.1 Å². The second-order valence-corrected chi connectivity index (χ2v) is 4.62. The van der Waals surface area contributed by atoms with Crippen LogP contribution in [0, 0.1) is 0 Å². The maximum absolute atomic E-state index is 6.25. The van der Waals surface area contributed by atoms with E-state index in [4.69, 9.17) is 21.1 Å². The van der Waals surface area contributed by atoms with E-state index in [-0.39, 0.29) is 0 Å². The van der Waals surface area contributed by atoms with E-state index < -0.39 is 0 Å². The molecule has 0 aromatic heterocycles. The molecule has 0 amide bonds. The van der Waals surface area contributed by atoms with Crippen LogP contribution in [0.1, 0.15) is 25.3 Å². The summed E-state index contributed by atoms with van der Waals surface area (Å²) in [5.74, 6) is 1.27. The molecule has 0 heterocycles. The molecule has 0 unspecified atom stereocenters. The first-order valence-corrected chi connectivity index (χ1v) is 6.91.